The summed E-state index contributed by atoms with van der Waals surface area (Å²) in [5.41, 5.74) is 4.19. The van der Waals surface area contributed by atoms with E-state index in [1.54, 1.807) is 5.32 Å². The number of Topliss-reactive ketones (excluding diaryl/α,β-unsaturated/α-hetero) is 1. The lowest BCUT2D eigenvalue weighted by Crippen LogP contribution is -2.38. The number of nitrogens with zero attached hydrogens (tertiary/aromatic N) is 1. The molecule has 3 amide bonds. The molecule has 0 spiro atoms. The summed E-state index contributed by atoms with van der Waals surface area (Å²) >= 11 is 3.04. The molecular weight excluding hydrogens is 350 g/mol. The maximum Gasteiger partial charge on any atom is 0.318 e. The molecule has 1 aromatic rings. The van der Waals surface area contributed by atoms with E-state index < -0.39 is 34.9 Å². The van der Waals surface area contributed by atoms with Crippen LogP contribution in [0, 0.1) is 10.1 Å². The summed E-state index contributed by atoms with van der Waals surface area (Å²) in [6, 6.07) is 1.38. The van der Waals surface area contributed by atoms with Gasteiger partial charge < -0.3 is 10.5 Å². The fraction of sp³-hybridized carbons (Fsp3) is 0.182. The summed E-state index contributed by atoms with van der Waals surface area (Å²) in [6.07, 6.45) is 0. The van der Waals surface area contributed by atoms with Gasteiger partial charge in [-0.25, -0.2) is 4.79 Å². The first kappa shape index (κ1) is 16.6. The van der Waals surface area contributed by atoms with E-state index in [9.17, 15) is 24.5 Å². The van der Waals surface area contributed by atoms with Crippen LogP contribution < -0.4 is 15.8 Å². The first-order valence-electron chi connectivity index (χ1n) is 5.43. The molecule has 0 aliphatic heterocycles. The van der Waals surface area contributed by atoms with Crippen LogP contribution in [0.2, 0.25) is 0 Å². The zero-order valence-corrected chi connectivity index (χ0v) is 12.3. The van der Waals surface area contributed by atoms with E-state index in [0.717, 1.165) is 6.07 Å². The number of carbonyl (C=O) groups is 3. The number of carbonyl (C=O) groups excluding carboxylic acids is 3. The minimum Gasteiger partial charge on any atom is -0.476 e. The molecule has 3 N–H and O–H groups in total. The Morgan fingerprint density at radius 2 is 2.05 bits per heavy atom. The largest absolute Gasteiger partial charge is 0.476 e. The maximum atomic E-state index is 11.5. The molecule has 0 bridgehead atoms. The number of imide groups is 1. The van der Waals surface area contributed by atoms with Crippen molar-refractivity contribution in [1.29, 1.82) is 0 Å². The molecule has 112 valence electrons. The Kier molecular flexibility index (Phi) is 5.36. The van der Waals surface area contributed by atoms with Crippen molar-refractivity contribution in [2.75, 3.05) is 6.61 Å². The van der Waals surface area contributed by atoms with Gasteiger partial charge >= 0.3 is 11.7 Å². The summed E-state index contributed by atoms with van der Waals surface area (Å²) in [5, 5.41) is 12.7. The predicted octanol–water partition coefficient (Wildman–Crippen LogP) is 1.13. The number of hydrogen-bond acceptors (Lipinski definition) is 6. The zero-order chi connectivity index (χ0) is 16.2. The van der Waals surface area contributed by atoms with Crippen molar-refractivity contribution in [3.05, 3.63) is 32.3 Å². The SMILES string of the molecule is CC(=O)c1cc(Br)cc([N+](=O)[O-])c1OCC(=O)NC(N)=O. The number of nitrogens with two attached hydrogens (primary N) is 1. The molecule has 10 heteroatoms. The van der Waals surface area contributed by atoms with Crippen molar-refractivity contribution in [1.82, 2.24) is 5.32 Å². The van der Waals surface area contributed by atoms with Gasteiger partial charge in [-0.2, -0.15) is 0 Å². The van der Waals surface area contributed by atoms with Crippen LogP contribution >= 0.6 is 15.9 Å². The molecule has 0 heterocycles. The van der Waals surface area contributed by atoms with E-state index in [2.05, 4.69) is 15.9 Å². The molecule has 0 saturated carbocycles. The number of nitro benzene ring substituents is 1. The second-order valence-electron chi connectivity index (χ2n) is 3.82. The number of amides is 3. The molecule has 1 rings (SSSR count). The van der Waals surface area contributed by atoms with E-state index in [-0.39, 0.29) is 11.3 Å². The topological polar surface area (TPSA) is 142 Å². The molecule has 0 aliphatic carbocycles. The summed E-state index contributed by atoms with van der Waals surface area (Å²) in [7, 11) is 0. The van der Waals surface area contributed by atoms with Crippen molar-refractivity contribution < 1.29 is 24.0 Å². The van der Waals surface area contributed by atoms with Gasteiger partial charge in [-0.15, -0.1) is 0 Å². The summed E-state index contributed by atoms with van der Waals surface area (Å²) in [5.74, 6) is -1.73. The molecular formula is C11H10BrN3O6. The number of nitrogens with one attached hydrogen (secondary N) is 1. The van der Waals surface area contributed by atoms with E-state index in [1.165, 1.54) is 13.0 Å². The van der Waals surface area contributed by atoms with Gasteiger partial charge in [-0.1, -0.05) is 15.9 Å². The third-order valence-corrected chi connectivity index (χ3v) is 2.68. The lowest BCUT2D eigenvalue weighted by atomic mass is 10.1. The second kappa shape index (κ2) is 6.79. The minimum absolute atomic E-state index is 0.0667. The molecule has 21 heavy (non-hydrogen) atoms. The Morgan fingerprint density at radius 1 is 1.43 bits per heavy atom. The highest BCUT2D eigenvalue weighted by Gasteiger charge is 2.24. The van der Waals surface area contributed by atoms with Crippen LogP contribution in [-0.2, 0) is 4.79 Å². The van der Waals surface area contributed by atoms with Crippen LogP contribution in [0.3, 0.4) is 0 Å². The first-order valence-corrected chi connectivity index (χ1v) is 6.22. The Balaban J connectivity index is 3.14. The fourth-order valence-corrected chi connectivity index (χ4v) is 1.89. The van der Waals surface area contributed by atoms with Crippen molar-refractivity contribution >= 4 is 39.3 Å². The summed E-state index contributed by atoms with van der Waals surface area (Å²) in [4.78, 5) is 43.5. The lowest BCUT2D eigenvalue weighted by molar-refractivity contribution is -0.385. The van der Waals surface area contributed by atoms with Crippen molar-refractivity contribution in [2.45, 2.75) is 6.92 Å². The molecule has 0 unspecified atom stereocenters. The first-order chi connectivity index (χ1) is 9.72. The van der Waals surface area contributed by atoms with Crippen molar-refractivity contribution in [3.63, 3.8) is 0 Å². The zero-order valence-electron chi connectivity index (χ0n) is 10.7. The van der Waals surface area contributed by atoms with Gasteiger partial charge in [0, 0.05) is 10.5 Å². The highest BCUT2D eigenvalue weighted by Crippen LogP contribution is 2.34. The summed E-state index contributed by atoms with van der Waals surface area (Å²) < 4.78 is 5.32. The molecule has 0 aliphatic rings. The van der Waals surface area contributed by atoms with Gasteiger partial charge in [-0.05, 0) is 13.0 Å². The molecule has 0 saturated heterocycles. The van der Waals surface area contributed by atoms with E-state index in [0.29, 0.717) is 4.47 Å². The third-order valence-electron chi connectivity index (χ3n) is 2.22. The predicted molar refractivity (Wildman–Crippen MR) is 74.0 cm³/mol. The Labute approximate surface area is 126 Å². The Morgan fingerprint density at radius 3 is 2.52 bits per heavy atom. The van der Waals surface area contributed by atoms with Gasteiger partial charge in [-0.3, -0.25) is 25.0 Å². The number of ketones is 1. The number of primary amides is 1. The molecule has 9 nitrogen and oxygen atoms in total. The Hall–Kier alpha value is -2.49. The average molecular weight is 360 g/mol. The van der Waals surface area contributed by atoms with Crippen molar-refractivity contribution in [3.8, 4) is 5.75 Å². The molecule has 0 aromatic heterocycles. The van der Waals surface area contributed by atoms with Gasteiger partial charge in [0.15, 0.2) is 12.4 Å². The van der Waals surface area contributed by atoms with Crippen LogP contribution in [0.5, 0.6) is 5.75 Å². The molecule has 0 radical (unpaired) electrons. The van der Waals surface area contributed by atoms with Crippen LogP contribution in [0.1, 0.15) is 17.3 Å². The van der Waals surface area contributed by atoms with E-state index >= 15 is 0 Å². The quantitative estimate of drug-likeness (QED) is 0.458. The standard InChI is InChI=1S/C11H10BrN3O6/c1-5(16)7-2-6(12)3-8(15(19)20)10(7)21-4-9(17)14-11(13)18/h2-3H,4H2,1H3,(H3,13,14,17,18). The number of urea groups is 1. The second-order valence-corrected chi connectivity index (χ2v) is 4.73. The van der Waals surface area contributed by atoms with Crippen molar-refractivity contribution in [2.24, 2.45) is 5.73 Å². The summed E-state index contributed by atoms with van der Waals surface area (Å²) in [6.45, 7) is 0.494. The molecule has 1 aromatic carbocycles. The molecule has 0 atom stereocenters. The highest BCUT2D eigenvalue weighted by molar-refractivity contribution is 9.10. The van der Waals surface area contributed by atoms with Gasteiger partial charge in [0.05, 0.1) is 10.5 Å². The van der Waals surface area contributed by atoms with Crippen LogP contribution in [0.25, 0.3) is 0 Å². The number of benzene rings is 1. The number of halogens is 1. The number of rotatable bonds is 5. The van der Waals surface area contributed by atoms with Crippen LogP contribution in [-0.4, -0.2) is 29.3 Å². The van der Waals surface area contributed by atoms with E-state index in [4.69, 9.17) is 10.5 Å². The Bertz CT molecular complexity index is 595. The van der Waals surface area contributed by atoms with Crippen LogP contribution in [0.4, 0.5) is 10.5 Å². The fourth-order valence-electron chi connectivity index (χ4n) is 1.44. The lowest BCUT2D eigenvalue weighted by Gasteiger charge is -2.10. The maximum absolute atomic E-state index is 11.5. The smallest absolute Gasteiger partial charge is 0.318 e. The van der Waals surface area contributed by atoms with Crippen LogP contribution in [0.15, 0.2) is 16.6 Å². The number of nitro groups is 1. The monoisotopic (exact) mass is 359 g/mol. The van der Waals surface area contributed by atoms with Gasteiger partial charge in [0.25, 0.3) is 5.91 Å². The number of hydrogen-bond donors (Lipinski definition) is 2. The third kappa shape index (κ3) is 4.53. The highest BCUT2D eigenvalue weighted by atomic mass is 79.9. The average Bonchev–Trinajstić information content (AvgIpc) is 2.35. The van der Waals surface area contributed by atoms with E-state index in [1.807, 2.05) is 0 Å². The van der Waals surface area contributed by atoms with Gasteiger partial charge in [0.2, 0.25) is 5.75 Å². The minimum atomic E-state index is -1.08. The number of ether oxygens (including phenoxy) is 1. The normalized spacial score (nSPS) is 9.81. The van der Waals surface area contributed by atoms with Gasteiger partial charge in [0.1, 0.15) is 0 Å². The molecule has 0 fully saturated rings.